The number of nitro groups is 1. The number of nitro benzene ring substituents is 1. The van der Waals surface area contributed by atoms with Gasteiger partial charge in [-0.15, -0.1) is 0 Å². The normalized spacial score (nSPS) is 19.0. The maximum atomic E-state index is 13.0. The Hall–Kier alpha value is -2.89. The summed E-state index contributed by atoms with van der Waals surface area (Å²) in [4.78, 5) is 15.2. The molecule has 33 heavy (non-hydrogen) atoms. The van der Waals surface area contributed by atoms with E-state index in [1.807, 2.05) is 24.3 Å². The van der Waals surface area contributed by atoms with Gasteiger partial charge in [0, 0.05) is 32.7 Å². The molecule has 1 fully saturated rings. The highest BCUT2D eigenvalue weighted by Crippen LogP contribution is 2.35. The maximum Gasteiger partial charge on any atom is 0.293 e. The number of likely N-dealkylation sites (N-methyl/N-ethyl adjacent to an activating group) is 2. The first kappa shape index (κ1) is 23.3. The molecular formula is C22H28N4O6S. The molecule has 1 atom stereocenters. The Morgan fingerprint density at radius 1 is 1.18 bits per heavy atom. The molecule has 2 aliphatic rings. The third kappa shape index (κ3) is 4.75. The second kappa shape index (κ2) is 9.54. The Morgan fingerprint density at radius 3 is 2.61 bits per heavy atom. The zero-order chi connectivity index (χ0) is 23.6. The van der Waals surface area contributed by atoms with E-state index < -0.39 is 14.9 Å². The number of hydrogen-bond donors (Lipinski definition) is 0. The fraction of sp³-hybridized carbons (Fsp3) is 0.455. The molecule has 11 heteroatoms. The zero-order valence-electron chi connectivity index (χ0n) is 18.7. The smallest absolute Gasteiger partial charge is 0.293 e. The molecular weight excluding hydrogens is 448 g/mol. The van der Waals surface area contributed by atoms with Gasteiger partial charge in [-0.3, -0.25) is 10.1 Å². The van der Waals surface area contributed by atoms with Gasteiger partial charge in [0.2, 0.25) is 10.0 Å². The minimum Gasteiger partial charge on any atom is -0.485 e. The van der Waals surface area contributed by atoms with Gasteiger partial charge in [-0.1, -0.05) is 12.1 Å². The summed E-state index contributed by atoms with van der Waals surface area (Å²) >= 11 is 0. The molecule has 0 bridgehead atoms. The molecule has 4 rings (SSSR count). The third-order valence-corrected chi connectivity index (χ3v) is 7.84. The number of hydrogen-bond acceptors (Lipinski definition) is 8. The van der Waals surface area contributed by atoms with E-state index in [0.717, 1.165) is 24.0 Å². The van der Waals surface area contributed by atoms with Crippen LogP contribution in [0.4, 0.5) is 17.1 Å². The Kier molecular flexibility index (Phi) is 6.73. The van der Waals surface area contributed by atoms with Crippen LogP contribution in [-0.2, 0) is 14.8 Å². The first-order chi connectivity index (χ1) is 15.8. The molecule has 0 aliphatic carbocycles. The number of rotatable bonds is 7. The molecule has 178 valence electrons. The van der Waals surface area contributed by atoms with Crippen molar-refractivity contribution in [3.05, 3.63) is 52.6 Å². The van der Waals surface area contributed by atoms with E-state index in [9.17, 15) is 18.5 Å². The van der Waals surface area contributed by atoms with Crippen molar-refractivity contribution in [3.63, 3.8) is 0 Å². The van der Waals surface area contributed by atoms with Gasteiger partial charge in [0.25, 0.3) is 5.69 Å². The average molecular weight is 477 g/mol. The second-order valence-electron chi connectivity index (χ2n) is 8.05. The molecule has 1 saturated heterocycles. The Bertz CT molecular complexity index is 1120. The monoisotopic (exact) mass is 476 g/mol. The van der Waals surface area contributed by atoms with Gasteiger partial charge in [0.15, 0.2) is 0 Å². The number of sulfonamides is 1. The van der Waals surface area contributed by atoms with Crippen LogP contribution in [0.15, 0.2) is 47.4 Å². The lowest BCUT2D eigenvalue weighted by Gasteiger charge is -2.37. The first-order valence-corrected chi connectivity index (χ1v) is 12.3. The second-order valence-corrected chi connectivity index (χ2v) is 9.99. The van der Waals surface area contributed by atoms with Gasteiger partial charge < -0.3 is 19.3 Å². The molecule has 2 aromatic rings. The van der Waals surface area contributed by atoms with Crippen molar-refractivity contribution in [3.8, 4) is 5.75 Å². The molecule has 0 unspecified atom stereocenters. The van der Waals surface area contributed by atoms with Crippen LogP contribution in [0.25, 0.3) is 0 Å². The summed E-state index contributed by atoms with van der Waals surface area (Å²) in [7, 11) is -2.08. The van der Waals surface area contributed by atoms with E-state index in [1.54, 1.807) is 11.9 Å². The van der Waals surface area contributed by atoms with E-state index in [4.69, 9.17) is 9.47 Å². The fourth-order valence-electron chi connectivity index (χ4n) is 4.25. The molecule has 0 aromatic heterocycles. The zero-order valence-corrected chi connectivity index (χ0v) is 19.5. The highest BCUT2D eigenvalue weighted by molar-refractivity contribution is 7.89. The minimum atomic E-state index is -3.83. The summed E-state index contributed by atoms with van der Waals surface area (Å²) in [6.07, 6.45) is -0.207. The van der Waals surface area contributed by atoms with Crippen LogP contribution < -0.4 is 14.5 Å². The average Bonchev–Trinajstić information content (AvgIpc) is 2.83. The lowest BCUT2D eigenvalue weighted by Crippen LogP contribution is -2.45. The lowest BCUT2D eigenvalue weighted by atomic mass is 10.1. The van der Waals surface area contributed by atoms with Crippen LogP contribution in [-0.4, -0.2) is 76.7 Å². The Balaban J connectivity index is 1.56. The summed E-state index contributed by atoms with van der Waals surface area (Å²) in [5.41, 5.74) is 1.12. The fourth-order valence-corrected chi connectivity index (χ4v) is 5.67. The van der Waals surface area contributed by atoms with Crippen molar-refractivity contribution >= 4 is 27.1 Å². The van der Waals surface area contributed by atoms with Crippen molar-refractivity contribution in [1.29, 1.82) is 0 Å². The molecule has 0 N–H and O–H groups in total. The Labute approximate surface area is 193 Å². The Morgan fingerprint density at radius 2 is 1.91 bits per heavy atom. The molecule has 0 saturated carbocycles. The number of anilines is 2. The number of para-hydroxylation sites is 2. The topological polar surface area (TPSA) is 105 Å². The number of nitrogens with zero attached hydrogens (tertiary/aromatic N) is 4. The predicted molar refractivity (Wildman–Crippen MR) is 125 cm³/mol. The molecule has 0 radical (unpaired) electrons. The quantitative estimate of drug-likeness (QED) is 0.443. The van der Waals surface area contributed by atoms with Crippen LogP contribution in [0.1, 0.15) is 6.92 Å². The minimum absolute atomic E-state index is 0.0896. The molecule has 0 amide bonds. The van der Waals surface area contributed by atoms with E-state index in [2.05, 4.69) is 11.8 Å². The van der Waals surface area contributed by atoms with Gasteiger partial charge >= 0.3 is 0 Å². The van der Waals surface area contributed by atoms with E-state index in [0.29, 0.717) is 32.0 Å². The standard InChI is InChI=1S/C22H28N4O6S/c1-3-24-16-17(32-22-7-5-4-6-20(22)24)15-23(2)19-9-8-18(14-21(19)26(27)28)33(29,30)25-10-12-31-13-11-25/h4-9,14,17H,3,10-13,15-16H2,1-2H3/t17-/m1/s1. The highest BCUT2D eigenvalue weighted by atomic mass is 32.2. The van der Waals surface area contributed by atoms with Crippen molar-refractivity contribution in [2.75, 3.05) is 62.8 Å². The molecule has 10 nitrogen and oxygen atoms in total. The summed E-state index contributed by atoms with van der Waals surface area (Å²) in [6.45, 7) is 5.01. The number of fused-ring (bicyclic) bond motifs is 1. The summed E-state index contributed by atoms with van der Waals surface area (Å²) in [5.74, 6) is 0.783. The lowest BCUT2D eigenvalue weighted by molar-refractivity contribution is -0.384. The van der Waals surface area contributed by atoms with Gasteiger partial charge in [-0.05, 0) is 31.2 Å². The van der Waals surface area contributed by atoms with Crippen LogP contribution in [0.5, 0.6) is 5.75 Å². The van der Waals surface area contributed by atoms with Crippen molar-refractivity contribution in [1.82, 2.24) is 4.31 Å². The highest BCUT2D eigenvalue weighted by Gasteiger charge is 2.31. The van der Waals surface area contributed by atoms with Crippen molar-refractivity contribution < 1.29 is 22.8 Å². The van der Waals surface area contributed by atoms with Gasteiger partial charge in [-0.25, -0.2) is 8.42 Å². The van der Waals surface area contributed by atoms with Crippen molar-refractivity contribution in [2.45, 2.75) is 17.9 Å². The summed E-state index contributed by atoms with van der Waals surface area (Å²) < 4.78 is 38.6. The molecule has 2 aromatic carbocycles. The van der Waals surface area contributed by atoms with Crippen molar-refractivity contribution in [2.24, 2.45) is 0 Å². The first-order valence-electron chi connectivity index (χ1n) is 10.9. The predicted octanol–water partition coefficient (Wildman–Crippen LogP) is 2.34. The maximum absolute atomic E-state index is 13.0. The summed E-state index contributed by atoms with van der Waals surface area (Å²) in [6, 6.07) is 11.9. The third-order valence-electron chi connectivity index (χ3n) is 5.95. The summed E-state index contributed by atoms with van der Waals surface area (Å²) in [5, 5.41) is 11.8. The number of morpholine rings is 1. The molecule has 2 heterocycles. The van der Waals surface area contributed by atoms with Gasteiger partial charge in [0.05, 0.1) is 41.8 Å². The molecule has 2 aliphatic heterocycles. The van der Waals surface area contributed by atoms with E-state index in [-0.39, 0.29) is 29.8 Å². The van der Waals surface area contributed by atoms with E-state index >= 15 is 0 Å². The van der Waals surface area contributed by atoms with E-state index in [1.165, 1.54) is 16.4 Å². The van der Waals surface area contributed by atoms with Gasteiger partial charge in [0.1, 0.15) is 17.5 Å². The SMILES string of the molecule is CCN1C[C@@H](CN(C)c2ccc(S(=O)(=O)N3CCOCC3)cc2[N+](=O)[O-])Oc2ccccc21. The largest absolute Gasteiger partial charge is 0.485 e. The van der Waals surface area contributed by atoms with Crippen LogP contribution in [0.2, 0.25) is 0 Å². The molecule has 0 spiro atoms. The van der Waals surface area contributed by atoms with Crippen LogP contribution >= 0.6 is 0 Å². The van der Waals surface area contributed by atoms with Gasteiger partial charge in [-0.2, -0.15) is 4.31 Å². The number of benzene rings is 2. The van der Waals surface area contributed by atoms with Crippen LogP contribution in [0, 0.1) is 10.1 Å². The number of ether oxygens (including phenoxy) is 2. The van der Waals surface area contributed by atoms with Crippen LogP contribution in [0.3, 0.4) is 0 Å².